The van der Waals surface area contributed by atoms with Crippen LogP contribution in [0.4, 0.5) is 0 Å². The Morgan fingerprint density at radius 3 is 2.83 bits per heavy atom. The van der Waals surface area contributed by atoms with E-state index < -0.39 is 0 Å². The zero-order chi connectivity index (χ0) is 13.0. The smallest absolute Gasteiger partial charge is 0.151 e. The average Bonchev–Trinajstić information content (AvgIpc) is 2.70. The number of halogens is 1. The molecule has 18 heavy (non-hydrogen) atoms. The fourth-order valence-corrected chi connectivity index (χ4v) is 3.63. The number of aryl methyl sites for hydroxylation is 1. The maximum atomic E-state index is 4.13. The molecular weight excluding hydrogens is 292 g/mol. The second-order valence-electron chi connectivity index (χ2n) is 5.24. The molecule has 0 spiro atoms. The summed E-state index contributed by atoms with van der Waals surface area (Å²) in [6, 6.07) is 0. The predicted octanol–water partition coefficient (Wildman–Crippen LogP) is 2.85. The van der Waals surface area contributed by atoms with E-state index in [9.17, 15) is 0 Å². The molecule has 1 saturated carbocycles. The lowest BCUT2D eigenvalue weighted by Gasteiger charge is -2.31. The van der Waals surface area contributed by atoms with E-state index in [0.717, 1.165) is 23.6 Å². The first kappa shape index (κ1) is 14.0. The molecule has 0 aromatic carbocycles. The van der Waals surface area contributed by atoms with Gasteiger partial charge < -0.3 is 5.32 Å². The van der Waals surface area contributed by atoms with Crippen molar-refractivity contribution in [2.45, 2.75) is 44.9 Å². The van der Waals surface area contributed by atoms with Crippen LogP contribution in [0.5, 0.6) is 0 Å². The van der Waals surface area contributed by atoms with E-state index in [2.05, 4.69) is 38.5 Å². The molecule has 102 valence electrons. The Labute approximate surface area is 118 Å². The molecule has 0 saturated heterocycles. The van der Waals surface area contributed by atoms with E-state index in [1.54, 1.807) is 0 Å². The third-order valence-corrected chi connectivity index (χ3v) is 4.49. The summed E-state index contributed by atoms with van der Waals surface area (Å²) in [5.74, 6) is 1.32. The minimum Gasteiger partial charge on any atom is -0.316 e. The van der Waals surface area contributed by atoms with Gasteiger partial charge >= 0.3 is 0 Å². The van der Waals surface area contributed by atoms with Crippen LogP contribution in [0.3, 0.4) is 0 Å². The molecule has 2 rings (SSSR count). The first-order chi connectivity index (χ1) is 8.74. The third kappa shape index (κ3) is 3.12. The number of aromatic nitrogens is 3. The lowest BCUT2D eigenvalue weighted by Crippen LogP contribution is -2.31. The molecule has 2 atom stereocenters. The van der Waals surface area contributed by atoms with Crippen molar-refractivity contribution in [3.05, 3.63) is 10.3 Å². The number of nitrogens with zero attached hydrogens (tertiary/aromatic N) is 3. The summed E-state index contributed by atoms with van der Waals surface area (Å²) < 4.78 is 2.87. The average molecular weight is 315 g/mol. The van der Waals surface area contributed by atoms with Crippen LogP contribution >= 0.6 is 15.9 Å². The van der Waals surface area contributed by atoms with Crippen molar-refractivity contribution in [2.75, 3.05) is 13.1 Å². The first-order valence-corrected chi connectivity index (χ1v) is 7.79. The monoisotopic (exact) mass is 314 g/mol. The maximum Gasteiger partial charge on any atom is 0.151 e. The van der Waals surface area contributed by atoms with Gasteiger partial charge in [-0.15, -0.1) is 5.10 Å². The lowest BCUT2D eigenvalue weighted by molar-refractivity contribution is 0.285. The van der Waals surface area contributed by atoms with E-state index >= 15 is 0 Å². The van der Waals surface area contributed by atoms with Gasteiger partial charge in [0.1, 0.15) is 0 Å². The molecule has 1 aliphatic rings. The standard InChI is InChI=1S/C13H23BrN4/c1-3-8-15-9-10-6-4-5-7-11(10)12-13(14)16-17-18(12)2/h10-11,15H,3-9H2,1-2H3. The van der Waals surface area contributed by atoms with Crippen molar-refractivity contribution in [2.24, 2.45) is 13.0 Å². The van der Waals surface area contributed by atoms with Crippen molar-refractivity contribution in [1.29, 1.82) is 0 Å². The number of hydrogen-bond donors (Lipinski definition) is 1. The molecule has 1 aromatic heterocycles. The number of nitrogens with one attached hydrogen (secondary N) is 1. The zero-order valence-corrected chi connectivity index (χ0v) is 12.9. The molecule has 0 aliphatic heterocycles. The Balaban J connectivity index is 2.08. The summed E-state index contributed by atoms with van der Waals surface area (Å²) >= 11 is 3.55. The van der Waals surface area contributed by atoms with E-state index in [0.29, 0.717) is 5.92 Å². The van der Waals surface area contributed by atoms with Crippen molar-refractivity contribution < 1.29 is 0 Å². The van der Waals surface area contributed by atoms with Gasteiger partial charge in [0.15, 0.2) is 4.60 Å². The van der Waals surface area contributed by atoms with Crippen LogP contribution in [-0.2, 0) is 7.05 Å². The summed E-state index contributed by atoms with van der Waals surface area (Å²) in [7, 11) is 2.00. The first-order valence-electron chi connectivity index (χ1n) is 6.99. The molecule has 0 bridgehead atoms. The Morgan fingerprint density at radius 2 is 2.17 bits per heavy atom. The van der Waals surface area contributed by atoms with Gasteiger partial charge in [-0.1, -0.05) is 25.0 Å². The number of rotatable bonds is 5. The summed E-state index contributed by atoms with van der Waals surface area (Å²) in [6.45, 7) is 4.46. The van der Waals surface area contributed by atoms with Gasteiger partial charge in [-0.3, -0.25) is 4.68 Å². The predicted molar refractivity (Wildman–Crippen MR) is 76.6 cm³/mol. The largest absolute Gasteiger partial charge is 0.316 e. The fraction of sp³-hybridized carbons (Fsp3) is 0.846. The molecule has 1 heterocycles. The summed E-state index contributed by atoms with van der Waals surface area (Å²) in [6.07, 6.45) is 6.47. The van der Waals surface area contributed by atoms with Gasteiger partial charge in [0.2, 0.25) is 0 Å². The van der Waals surface area contributed by atoms with Crippen molar-refractivity contribution in [1.82, 2.24) is 20.3 Å². The van der Waals surface area contributed by atoms with Gasteiger partial charge in [-0.25, -0.2) is 0 Å². The summed E-state index contributed by atoms with van der Waals surface area (Å²) in [5, 5.41) is 11.8. The highest BCUT2D eigenvalue weighted by Crippen LogP contribution is 2.39. The van der Waals surface area contributed by atoms with Gasteiger partial charge in [0.05, 0.1) is 5.69 Å². The minimum absolute atomic E-state index is 0.595. The van der Waals surface area contributed by atoms with Crippen LogP contribution in [0.2, 0.25) is 0 Å². The van der Waals surface area contributed by atoms with Crippen molar-refractivity contribution in [3.8, 4) is 0 Å². The molecule has 5 heteroatoms. The van der Waals surface area contributed by atoms with Crippen LogP contribution in [0.25, 0.3) is 0 Å². The van der Waals surface area contributed by atoms with Gasteiger partial charge in [-0.2, -0.15) is 0 Å². The molecule has 2 unspecified atom stereocenters. The van der Waals surface area contributed by atoms with Crippen LogP contribution in [-0.4, -0.2) is 28.1 Å². The van der Waals surface area contributed by atoms with E-state index in [-0.39, 0.29) is 0 Å². The Bertz CT molecular complexity index is 358. The van der Waals surface area contributed by atoms with Crippen LogP contribution < -0.4 is 5.32 Å². The molecular formula is C13H23BrN4. The van der Waals surface area contributed by atoms with Crippen LogP contribution in [0.1, 0.15) is 50.6 Å². The SMILES string of the molecule is CCCNCC1CCCCC1c1c(Br)nnn1C. The van der Waals surface area contributed by atoms with Crippen molar-refractivity contribution >= 4 is 15.9 Å². The van der Waals surface area contributed by atoms with E-state index in [1.165, 1.54) is 37.8 Å². The molecule has 0 radical (unpaired) electrons. The van der Waals surface area contributed by atoms with E-state index in [1.807, 2.05) is 11.7 Å². The minimum atomic E-state index is 0.595. The molecule has 0 amide bonds. The van der Waals surface area contributed by atoms with Crippen LogP contribution in [0.15, 0.2) is 4.60 Å². The Morgan fingerprint density at radius 1 is 1.39 bits per heavy atom. The molecule has 1 aliphatic carbocycles. The normalized spacial score (nSPS) is 24.4. The molecule has 1 aromatic rings. The Hall–Kier alpha value is -0.420. The van der Waals surface area contributed by atoms with E-state index in [4.69, 9.17) is 0 Å². The lowest BCUT2D eigenvalue weighted by atomic mass is 9.77. The highest BCUT2D eigenvalue weighted by molar-refractivity contribution is 9.10. The molecule has 1 fully saturated rings. The molecule has 4 nitrogen and oxygen atoms in total. The topological polar surface area (TPSA) is 42.7 Å². The fourth-order valence-electron chi connectivity index (χ4n) is 3.01. The maximum absolute atomic E-state index is 4.13. The highest BCUT2D eigenvalue weighted by atomic mass is 79.9. The van der Waals surface area contributed by atoms with Crippen LogP contribution in [0, 0.1) is 5.92 Å². The van der Waals surface area contributed by atoms with Gasteiger partial charge in [-0.05, 0) is 54.2 Å². The second kappa shape index (κ2) is 6.66. The second-order valence-corrected chi connectivity index (χ2v) is 6.00. The Kier molecular flexibility index (Phi) is 5.18. The van der Waals surface area contributed by atoms with Gasteiger partial charge in [0, 0.05) is 13.0 Å². The zero-order valence-electron chi connectivity index (χ0n) is 11.3. The third-order valence-electron chi connectivity index (χ3n) is 3.92. The summed E-state index contributed by atoms with van der Waals surface area (Å²) in [4.78, 5) is 0. The van der Waals surface area contributed by atoms with Gasteiger partial charge in [0.25, 0.3) is 0 Å². The van der Waals surface area contributed by atoms with Crippen molar-refractivity contribution in [3.63, 3.8) is 0 Å². The quantitative estimate of drug-likeness (QED) is 0.850. The highest BCUT2D eigenvalue weighted by Gasteiger charge is 2.30. The molecule has 1 N–H and O–H groups in total. The summed E-state index contributed by atoms with van der Waals surface area (Å²) in [5.41, 5.74) is 1.28. The number of hydrogen-bond acceptors (Lipinski definition) is 3.